The van der Waals surface area contributed by atoms with Crippen LogP contribution < -0.4 is 11.1 Å². The van der Waals surface area contributed by atoms with Gasteiger partial charge in [0.2, 0.25) is 0 Å². The molecule has 1 aromatic carbocycles. The molecule has 9 heteroatoms. The molecule has 2 rings (SSSR count). The van der Waals surface area contributed by atoms with Crippen molar-refractivity contribution in [1.82, 2.24) is 20.5 Å². The van der Waals surface area contributed by atoms with E-state index < -0.39 is 5.54 Å². The van der Waals surface area contributed by atoms with E-state index in [4.69, 9.17) is 5.73 Å². The third-order valence-corrected chi connectivity index (χ3v) is 3.64. The smallest absolute Gasteiger partial charge is 0.251 e. The fourth-order valence-corrected chi connectivity index (χ4v) is 2.31. The minimum Gasteiger partial charge on any atom is -0.350 e. The Morgan fingerprint density at radius 1 is 1.30 bits per heavy atom. The van der Waals surface area contributed by atoms with Crippen LogP contribution in [0.25, 0.3) is 0 Å². The van der Waals surface area contributed by atoms with Crippen molar-refractivity contribution in [2.75, 3.05) is 6.54 Å². The van der Waals surface area contributed by atoms with Crippen molar-refractivity contribution in [2.24, 2.45) is 5.73 Å². The molecule has 1 aromatic heterocycles. The van der Waals surface area contributed by atoms with Crippen LogP contribution in [0.2, 0.25) is 0 Å². The van der Waals surface area contributed by atoms with Gasteiger partial charge in [-0.2, -0.15) is 5.10 Å². The SMILES string of the molecule is CC(C)(N)CNC(=O)c1ccc(CSc2ncn[nH]2)cc1.Cl.Cl. The molecule has 23 heavy (non-hydrogen) atoms. The highest BCUT2D eigenvalue weighted by molar-refractivity contribution is 7.98. The zero-order valence-corrected chi connectivity index (χ0v) is 15.4. The van der Waals surface area contributed by atoms with Crippen LogP contribution in [0.5, 0.6) is 0 Å². The monoisotopic (exact) mass is 377 g/mol. The number of halogens is 2. The average Bonchev–Trinajstić information content (AvgIpc) is 2.95. The lowest BCUT2D eigenvalue weighted by atomic mass is 10.1. The summed E-state index contributed by atoms with van der Waals surface area (Å²) >= 11 is 1.56. The summed E-state index contributed by atoms with van der Waals surface area (Å²) in [5.74, 6) is 0.662. The Morgan fingerprint density at radius 3 is 2.48 bits per heavy atom. The van der Waals surface area contributed by atoms with E-state index in [1.54, 1.807) is 11.8 Å². The van der Waals surface area contributed by atoms with Gasteiger partial charge in [0.15, 0.2) is 5.16 Å². The molecule has 0 fully saturated rings. The lowest BCUT2D eigenvalue weighted by Gasteiger charge is -2.18. The predicted octanol–water partition coefficient (Wildman–Crippen LogP) is 2.41. The van der Waals surface area contributed by atoms with Crippen LogP contribution in [-0.4, -0.2) is 33.2 Å². The second-order valence-corrected chi connectivity index (χ2v) is 6.41. The Morgan fingerprint density at radius 2 is 1.96 bits per heavy atom. The van der Waals surface area contributed by atoms with Gasteiger partial charge in [0.05, 0.1) is 0 Å². The number of nitrogens with zero attached hydrogens (tertiary/aromatic N) is 2. The number of nitrogens with one attached hydrogen (secondary N) is 2. The maximum atomic E-state index is 12.0. The Hall–Kier alpha value is -1.28. The second-order valence-electron chi connectivity index (χ2n) is 5.45. The van der Waals surface area contributed by atoms with E-state index in [0.717, 1.165) is 16.5 Å². The minimum atomic E-state index is -0.413. The van der Waals surface area contributed by atoms with Crippen LogP contribution in [0.3, 0.4) is 0 Å². The number of hydrogen-bond acceptors (Lipinski definition) is 5. The molecule has 0 saturated carbocycles. The largest absolute Gasteiger partial charge is 0.350 e. The van der Waals surface area contributed by atoms with E-state index in [-0.39, 0.29) is 30.7 Å². The molecule has 0 unspecified atom stereocenters. The first-order chi connectivity index (χ1) is 9.94. The molecule has 0 bridgehead atoms. The normalized spacial score (nSPS) is 10.4. The van der Waals surface area contributed by atoms with E-state index >= 15 is 0 Å². The number of hydrogen-bond donors (Lipinski definition) is 3. The van der Waals surface area contributed by atoms with Gasteiger partial charge < -0.3 is 11.1 Å². The number of aromatic nitrogens is 3. The van der Waals surface area contributed by atoms with Crippen molar-refractivity contribution in [3.63, 3.8) is 0 Å². The van der Waals surface area contributed by atoms with Gasteiger partial charge in [-0.3, -0.25) is 9.89 Å². The highest BCUT2D eigenvalue weighted by atomic mass is 35.5. The standard InChI is InChI=1S/C14H19N5OS.2ClH/c1-14(2,15)8-16-12(20)11-5-3-10(4-6-11)7-21-13-17-9-18-19-13;;/h3-6,9H,7-8,15H2,1-2H3,(H,16,20)(H,17,18,19);2*1H. The van der Waals surface area contributed by atoms with Gasteiger partial charge in [-0.1, -0.05) is 23.9 Å². The second kappa shape index (κ2) is 9.77. The fourth-order valence-electron chi connectivity index (χ4n) is 1.58. The fraction of sp³-hybridized carbons (Fsp3) is 0.357. The molecule has 0 aliphatic rings. The molecule has 0 radical (unpaired) electrons. The average molecular weight is 378 g/mol. The number of benzene rings is 1. The van der Waals surface area contributed by atoms with Crippen LogP contribution in [-0.2, 0) is 5.75 Å². The van der Waals surface area contributed by atoms with Crippen molar-refractivity contribution < 1.29 is 4.79 Å². The van der Waals surface area contributed by atoms with Gasteiger partial charge in [0, 0.05) is 23.4 Å². The third-order valence-electron chi connectivity index (χ3n) is 2.69. The molecule has 2 aromatic rings. The number of rotatable bonds is 6. The van der Waals surface area contributed by atoms with Crippen molar-refractivity contribution in [2.45, 2.75) is 30.3 Å². The third kappa shape index (κ3) is 7.69. The zero-order valence-electron chi connectivity index (χ0n) is 12.9. The number of aromatic amines is 1. The van der Waals surface area contributed by atoms with Gasteiger partial charge in [0.1, 0.15) is 6.33 Å². The Labute approximate surface area is 152 Å². The number of H-pyrrole nitrogens is 1. The van der Waals surface area contributed by atoms with E-state index in [1.165, 1.54) is 6.33 Å². The Bertz CT molecular complexity index is 584. The summed E-state index contributed by atoms with van der Waals surface area (Å²) in [5.41, 5.74) is 7.18. The van der Waals surface area contributed by atoms with Gasteiger partial charge in [0.25, 0.3) is 5.91 Å². The number of amides is 1. The van der Waals surface area contributed by atoms with E-state index in [1.807, 2.05) is 38.1 Å². The van der Waals surface area contributed by atoms with Crippen molar-refractivity contribution >= 4 is 42.5 Å². The molecule has 128 valence electrons. The summed E-state index contributed by atoms with van der Waals surface area (Å²) in [6, 6.07) is 7.50. The van der Waals surface area contributed by atoms with Crippen molar-refractivity contribution in [3.05, 3.63) is 41.7 Å². The van der Waals surface area contributed by atoms with Gasteiger partial charge in [-0.05, 0) is 31.5 Å². The van der Waals surface area contributed by atoms with Gasteiger partial charge in [-0.15, -0.1) is 24.8 Å². The van der Waals surface area contributed by atoms with Gasteiger partial charge in [-0.25, -0.2) is 4.98 Å². The van der Waals surface area contributed by atoms with Crippen LogP contribution in [0.1, 0.15) is 29.8 Å². The maximum Gasteiger partial charge on any atom is 0.251 e. The maximum absolute atomic E-state index is 12.0. The molecular weight excluding hydrogens is 357 g/mol. The Kier molecular flexibility index (Phi) is 9.23. The molecule has 6 nitrogen and oxygen atoms in total. The first-order valence-corrected chi connectivity index (χ1v) is 7.57. The molecule has 1 amide bonds. The molecule has 0 aliphatic heterocycles. The van der Waals surface area contributed by atoms with E-state index in [9.17, 15) is 4.79 Å². The molecule has 0 aliphatic carbocycles. The first kappa shape index (κ1) is 21.7. The summed E-state index contributed by atoms with van der Waals surface area (Å²) in [4.78, 5) is 16.0. The number of carbonyl (C=O) groups excluding carboxylic acids is 1. The lowest BCUT2D eigenvalue weighted by Crippen LogP contribution is -2.45. The molecular formula is C14H21Cl2N5OS. The number of thioether (sulfide) groups is 1. The topological polar surface area (TPSA) is 96.7 Å². The lowest BCUT2D eigenvalue weighted by molar-refractivity contribution is 0.0946. The van der Waals surface area contributed by atoms with Gasteiger partial charge >= 0.3 is 0 Å². The van der Waals surface area contributed by atoms with Crippen molar-refractivity contribution in [1.29, 1.82) is 0 Å². The highest BCUT2D eigenvalue weighted by Gasteiger charge is 2.13. The van der Waals surface area contributed by atoms with Crippen LogP contribution in [0.4, 0.5) is 0 Å². The minimum absolute atomic E-state index is 0. The summed E-state index contributed by atoms with van der Waals surface area (Å²) in [7, 11) is 0. The van der Waals surface area contributed by atoms with Crippen LogP contribution in [0, 0.1) is 0 Å². The van der Waals surface area contributed by atoms with Crippen LogP contribution in [0.15, 0.2) is 35.7 Å². The quantitative estimate of drug-likeness (QED) is 0.671. The Balaban J connectivity index is 0.00000242. The summed E-state index contributed by atoms with van der Waals surface area (Å²) in [6.07, 6.45) is 1.48. The molecule has 0 atom stereocenters. The van der Waals surface area contributed by atoms with E-state index in [2.05, 4.69) is 20.5 Å². The summed E-state index contributed by atoms with van der Waals surface area (Å²) in [5, 5.41) is 10.2. The van der Waals surface area contributed by atoms with Crippen molar-refractivity contribution in [3.8, 4) is 0 Å². The zero-order chi connectivity index (χ0) is 15.3. The molecule has 4 N–H and O–H groups in total. The van der Waals surface area contributed by atoms with Crippen LogP contribution >= 0.6 is 36.6 Å². The van der Waals surface area contributed by atoms with E-state index in [0.29, 0.717) is 12.1 Å². The number of carbonyl (C=O) groups is 1. The molecule has 0 saturated heterocycles. The molecule has 0 spiro atoms. The number of nitrogens with two attached hydrogens (primary N) is 1. The first-order valence-electron chi connectivity index (χ1n) is 6.58. The molecule has 1 heterocycles. The summed E-state index contributed by atoms with van der Waals surface area (Å²) < 4.78 is 0. The predicted molar refractivity (Wildman–Crippen MR) is 97.5 cm³/mol. The summed E-state index contributed by atoms with van der Waals surface area (Å²) in [6.45, 7) is 4.18. The highest BCUT2D eigenvalue weighted by Crippen LogP contribution is 2.18.